The summed E-state index contributed by atoms with van der Waals surface area (Å²) in [5, 5.41) is 9.38. The van der Waals surface area contributed by atoms with E-state index >= 15 is 0 Å². The number of ether oxygens (including phenoxy) is 1. The molecular formula is C13H17BrO2. The second kappa shape index (κ2) is 3.74. The van der Waals surface area contributed by atoms with Gasteiger partial charge in [-0.05, 0) is 44.4 Å². The van der Waals surface area contributed by atoms with Gasteiger partial charge in [-0.15, -0.1) is 0 Å². The summed E-state index contributed by atoms with van der Waals surface area (Å²) in [6.07, 6.45) is 0.782. The minimum absolute atomic E-state index is 0.0528. The van der Waals surface area contributed by atoms with E-state index in [-0.39, 0.29) is 6.61 Å². The molecule has 1 unspecified atom stereocenters. The zero-order valence-electron chi connectivity index (χ0n) is 10.1. The Hall–Kier alpha value is -0.540. The van der Waals surface area contributed by atoms with Crippen LogP contribution in [-0.4, -0.2) is 17.3 Å². The number of halogens is 1. The molecule has 1 heterocycles. The van der Waals surface area contributed by atoms with Crippen molar-refractivity contribution in [2.24, 2.45) is 0 Å². The molecule has 1 N–H and O–H groups in total. The van der Waals surface area contributed by atoms with Gasteiger partial charge in [0.05, 0.1) is 6.61 Å². The Morgan fingerprint density at radius 3 is 2.44 bits per heavy atom. The molecule has 0 aromatic heterocycles. The molecule has 0 fully saturated rings. The third-order valence-corrected chi connectivity index (χ3v) is 4.71. The van der Waals surface area contributed by atoms with Gasteiger partial charge in [-0.2, -0.15) is 0 Å². The van der Waals surface area contributed by atoms with Gasteiger partial charge in [0.2, 0.25) is 0 Å². The summed E-state index contributed by atoms with van der Waals surface area (Å²) in [6.45, 7) is 8.26. The first kappa shape index (κ1) is 11.9. The largest absolute Gasteiger partial charge is 0.484 e. The maximum atomic E-state index is 9.38. The number of fused-ring (bicyclic) bond motifs is 1. The molecule has 0 saturated carbocycles. The highest BCUT2D eigenvalue weighted by atomic mass is 79.9. The van der Waals surface area contributed by atoms with E-state index in [9.17, 15) is 5.11 Å². The van der Waals surface area contributed by atoms with Crippen LogP contribution in [0.4, 0.5) is 0 Å². The van der Waals surface area contributed by atoms with Crippen LogP contribution in [0, 0.1) is 20.8 Å². The minimum atomic E-state index is -0.453. The zero-order chi connectivity index (χ0) is 12.1. The van der Waals surface area contributed by atoms with Crippen LogP contribution in [0.5, 0.6) is 5.75 Å². The Labute approximate surface area is 105 Å². The van der Waals surface area contributed by atoms with Gasteiger partial charge in [0, 0.05) is 16.5 Å². The SMILES string of the molecule is Cc1c(C)c2c(c(C)c1Br)CC(C)(CO)O2. The van der Waals surface area contributed by atoms with Crippen LogP contribution >= 0.6 is 15.9 Å². The fourth-order valence-electron chi connectivity index (χ4n) is 2.24. The third kappa shape index (κ3) is 1.57. The highest BCUT2D eigenvalue weighted by molar-refractivity contribution is 9.10. The Morgan fingerprint density at radius 1 is 1.25 bits per heavy atom. The molecule has 88 valence electrons. The number of hydrogen-bond donors (Lipinski definition) is 1. The summed E-state index contributed by atoms with van der Waals surface area (Å²) in [5.41, 5.74) is 4.40. The lowest BCUT2D eigenvalue weighted by Crippen LogP contribution is -2.34. The maximum absolute atomic E-state index is 9.38. The molecule has 16 heavy (non-hydrogen) atoms. The van der Waals surface area contributed by atoms with Crippen molar-refractivity contribution in [2.75, 3.05) is 6.61 Å². The predicted molar refractivity (Wildman–Crippen MR) is 68.2 cm³/mol. The van der Waals surface area contributed by atoms with E-state index in [2.05, 4.69) is 36.7 Å². The van der Waals surface area contributed by atoms with E-state index < -0.39 is 5.60 Å². The van der Waals surface area contributed by atoms with Gasteiger partial charge in [-0.25, -0.2) is 0 Å². The number of aliphatic hydroxyl groups excluding tert-OH is 1. The molecule has 2 rings (SSSR count). The summed E-state index contributed by atoms with van der Waals surface area (Å²) in [6, 6.07) is 0. The summed E-state index contributed by atoms with van der Waals surface area (Å²) in [4.78, 5) is 0. The van der Waals surface area contributed by atoms with Crippen molar-refractivity contribution in [3.63, 3.8) is 0 Å². The molecule has 0 saturated heterocycles. The molecule has 0 bridgehead atoms. The minimum Gasteiger partial charge on any atom is -0.484 e. The van der Waals surface area contributed by atoms with Crippen molar-refractivity contribution in [1.82, 2.24) is 0 Å². The van der Waals surface area contributed by atoms with Gasteiger partial charge in [-0.1, -0.05) is 15.9 Å². The zero-order valence-corrected chi connectivity index (χ0v) is 11.7. The van der Waals surface area contributed by atoms with E-state index in [0.717, 1.165) is 16.6 Å². The van der Waals surface area contributed by atoms with Crippen LogP contribution in [0.1, 0.15) is 29.2 Å². The highest BCUT2D eigenvalue weighted by Gasteiger charge is 2.37. The van der Waals surface area contributed by atoms with Crippen LogP contribution < -0.4 is 4.74 Å². The predicted octanol–water partition coefficient (Wildman–Crippen LogP) is 3.06. The summed E-state index contributed by atoms with van der Waals surface area (Å²) < 4.78 is 7.08. The molecule has 0 amide bonds. The van der Waals surface area contributed by atoms with Crippen molar-refractivity contribution in [3.05, 3.63) is 26.7 Å². The van der Waals surface area contributed by atoms with Crippen LogP contribution in [0.2, 0.25) is 0 Å². The van der Waals surface area contributed by atoms with E-state index in [1.165, 1.54) is 22.3 Å². The summed E-state index contributed by atoms with van der Waals surface area (Å²) in [5.74, 6) is 0.967. The van der Waals surface area contributed by atoms with Gasteiger partial charge in [0.25, 0.3) is 0 Å². The number of hydrogen-bond acceptors (Lipinski definition) is 2. The fourth-order valence-corrected chi connectivity index (χ4v) is 2.78. The van der Waals surface area contributed by atoms with E-state index in [1.807, 2.05) is 6.92 Å². The van der Waals surface area contributed by atoms with Crippen molar-refractivity contribution >= 4 is 15.9 Å². The summed E-state index contributed by atoms with van der Waals surface area (Å²) >= 11 is 3.62. The van der Waals surface area contributed by atoms with Gasteiger partial charge < -0.3 is 9.84 Å². The fraction of sp³-hybridized carbons (Fsp3) is 0.538. The number of rotatable bonds is 1. The summed E-state index contributed by atoms with van der Waals surface area (Å²) in [7, 11) is 0. The van der Waals surface area contributed by atoms with E-state index in [1.54, 1.807) is 0 Å². The van der Waals surface area contributed by atoms with Crippen LogP contribution in [0.25, 0.3) is 0 Å². The Bertz CT molecular complexity index is 415. The smallest absolute Gasteiger partial charge is 0.133 e. The lowest BCUT2D eigenvalue weighted by atomic mass is 9.94. The maximum Gasteiger partial charge on any atom is 0.133 e. The first-order chi connectivity index (χ1) is 7.39. The molecule has 1 atom stereocenters. The molecule has 3 heteroatoms. The van der Waals surface area contributed by atoms with E-state index in [0.29, 0.717) is 0 Å². The van der Waals surface area contributed by atoms with Crippen LogP contribution in [-0.2, 0) is 6.42 Å². The van der Waals surface area contributed by atoms with Crippen LogP contribution in [0.3, 0.4) is 0 Å². The van der Waals surface area contributed by atoms with Gasteiger partial charge in [0.15, 0.2) is 0 Å². The van der Waals surface area contributed by atoms with E-state index in [4.69, 9.17) is 4.74 Å². The Balaban J connectivity index is 2.62. The van der Waals surface area contributed by atoms with Crippen molar-refractivity contribution < 1.29 is 9.84 Å². The molecule has 0 aliphatic carbocycles. The number of benzene rings is 1. The molecule has 1 aliphatic heterocycles. The van der Waals surface area contributed by atoms with Crippen molar-refractivity contribution in [3.8, 4) is 5.75 Å². The Morgan fingerprint density at radius 2 is 1.88 bits per heavy atom. The molecule has 0 spiro atoms. The average molecular weight is 285 g/mol. The van der Waals surface area contributed by atoms with Crippen molar-refractivity contribution in [2.45, 2.75) is 39.7 Å². The third-order valence-electron chi connectivity index (χ3n) is 3.52. The normalized spacial score (nSPS) is 23.1. The second-order valence-electron chi connectivity index (χ2n) is 4.88. The van der Waals surface area contributed by atoms with Crippen LogP contribution in [0.15, 0.2) is 4.47 Å². The van der Waals surface area contributed by atoms with Crippen molar-refractivity contribution in [1.29, 1.82) is 0 Å². The standard InChI is InChI=1S/C13H17BrO2/c1-7-8(2)12-10(9(3)11(7)14)5-13(4,6-15)16-12/h15H,5-6H2,1-4H3. The highest BCUT2D eigenvalue weighted by Crippen LogP contribution is 2.43. The Kier molecular flexibility index (Phi) is 2.79. The molecule has 1 aromatic carbocycles. The first-order valence-corrected chi connectivity index (χ1v) is 6.27. The van der Waals surface area contributed by atoms with Gasteiger partial charge >= 0.3 is 0 Å². The second-order valence-corrected chi connectivity index (χ2v) is 5.68. The molecule has 1 aliphatic rings. The average Bonchev–Trinajstić information content (AvgIpc) is 2.63. The molecule has 0 radical (unpaired) electrons. The first-order valence-electron chi connectivity index (χ1n) is 5.47. The quantitative estimate of drug-likeness (QED) is 0.859. The van der Waals surface area contributed by atoms with Gasteiger partial charge in [-0.3, -0.25) is 0 Å². The molecule has 1 aromatic rings. The number of aliphatic hydroxyl groups is 1. The topological polar surface area (TPSA) is 29.5 Å². The lowest BCUT2D eigenvalue weighted by Gasteiger charge is -2.21. The van der Waals surface area contributed by atoms with Gasteiger partial charge in [0.1, 0.15) is 11.4 Å². The molecule has 2 nitrogen and oxygen atoms in total. The monoisotopic (exact) mass is 284 g/mol. The lowest BCUT2D eigenvalue weighted by molar-refractivity contribution is 0.0441. The molecular weight excluding hydrogens is 268 g/mol.